The molecule has 0 bridgehead atoms. The molecule has 4 nitrogen and oxygen atoms in total. The minimum Gasteiger partial charge on any atom is -0.339 e. The van der Waals surface area contributed by atoms with Crippen molar-refractivity contribution in [3.8, 4) is 0 Å². The molecule has 3 rings (SSSR count). The van der Waals surface area contributed by atoms with Crippen LogP contribution in [-0.4, -0.2) is 47.8 Å². The minimum absolute atomic E-state index is 0.274. The molecule has 1 aliphatic heterocycles. The Balaban J connectivity index is 1.49. The summed E-state index contributed by atoms with van der Waals surface area (Å²) in [6.45, 7) is 2.98. The second-order valence-electron chi connectivity index (χ2n) is 5.91. The molecule has 4 heteroatoms. The van der Waals surface area contributed by atoms with Crippen molar-refractivity contribution in [3.05, 3.63) is 0 Å². The van der Waals surface area contributed by atoms with Crippen LogP contribution in [0.4, 0.5) is 0 Å². The lowest BCUT2D eigenvalue weighted by atomic mass is 10.1. The van der Waals surface area contributed by atoms with Gasteiger partial charge in [-0.3, -0.25) is 9.59 Å². The second-order valence-corrected chi connectivity index (χ2v) is 5.91. The number of amides is 2. The first-order valence-electron chi connectivity index (χ1n) is 7.33. The van der Waals surface area contributed by atoms with Gasteiger partial charge in [0.15, 0.2) is 0 Å². The van der Waals surface area contributed by atoms with Gasteiger partial charge in [-0.1, -0.05) is 12.8 Å². The third-order valence-electron chi connectivity index (χ3n) is 4.53. The van der Waals surface area contributed by atoms with E-state index in [-0.39, 0.29) is 5.92 Å². The van der Waals surface area contributed by atoms with Crippen LogP contribution in [0.5, 0.6) is 0 Å². The molecule has 0 aromatic carbocycles. The summed E-state index contributed by atoms with van der Waals surface area (Å²) >= 11 is 0. The highest BCUT2D eigenvalue weighted by Crippen LogP contribution is 2.31. The smallest absolute Gasteiger partial charge is 0.225 e. The standard InChI is InChI=1S/C14H22N2O2/c17-13(11-3-1-2-4-11)15-7-9-16(10-8-15)14(18)12-5-6-12/h11-12H,1-10H2. The fourth-order valence-electron chi connectivity index (χ4n) is 3.17. The van der Waals surface area contributed by atoms with E-state index < -0.39 is 0 Å². The van der Waals surface area contributed by atoms with Crippen LogP contribution in [0.1, 0.15) is 38.5 Å². The van der Waals surface area contributed by atoms with Crippen LogP contribution < -0.4 is 0 Å². The molecule has 3 aliphatic rings. The molecule has 0 aromatic rings. The first-order valence-corrected chi connectivity index (χ1v) is 7.33. The van der Waals surface area contributed by atoms with E-state index in [1.807, 2.05) is 9.80 Å². The average molecular weight is 250 g/mol. The van der Waals surface area contributed by atoms with Gasteiger partial charge >= 0.3 is 0 Å². The monoisotopic (exact) mass is 250 g/mol. The van der Waals surface area contributed by atoms with Gasteiger partial charge in [0.05, 0.1) is 0 Å². The van der Waals surface area contributed by atoms with E-state index in [1.165, 1.54) is 12.8 Å². The summed E-state index contributed by atoms with van der Waals surface area (Å²) in [6, 6.07) is 0. The second kappa shape index (κ2) is 4.90. The Kier molecular flexibility index (Phi) is 3.27. The van der Waals surface area contributed by atoms with E-state index in [2.05, 4.69) is 0 Å². The zero-order chi connectivity index (χ0) is 12.5. The van der Waals surface area contributed by atoms with E-state index in [0.717, 1.165) is 51.9 Å². The molecule has 0 spiro atoms. The number of piperazine rings is 1. The Labute approximate surface area is 108 Å². The van der Waals surface area contributed by atoms with Crippen LogP contribution in [0.2, 0.25) is 0 Å². The van der Waals surface area contributed by atoms with Gasteiger partial charge in [-0.05, 0) is 25.7 Å². The third-order valence-corrected chi connectivity index (χ3v) is 4.53. The first-order chi connectivity index (χ1) is 8.75. The Hall–Kier alpha value is -1.06. The maximum atomic E-state index is 12.2. The molecule has 0 atom stereocenters. The van der Waals surface area contributed by atoms with Gasteiger partial charge in [0, 0.05) is 38.0 Å². The summed E-state index contributed by atoms with van der Waals surface area (Å²) in [5.41, 5.74) is 0. The Bertz CT molecular complexity index is 338. The van der Waals surface area contributed by atoms with Crippen molar-refractivity contribution in [1.29, 1.82) is 0 Å². The molecule has 2 aliphatic carbocycles. The Morgan fingerprint density at radius 2 is 1.06 bits per heavy atom. The predicted octanol–water partition coefficient (Wildman–Crippen LogP) is 1.26. The lowest BCUT2D eigenvalue weighted by Gasteiger charge is -2.36. The fourth-order valence-corrected chi connectivity index (χ4v) is 3.17. The Morgan fingerprint density at radius 3 is 1.44 bits per heavy atom. The summed E-state index contributed by atoms with van der Waals surface area (Å²) in [5, 5.41) is 0. The minimum atomic E-state index is 0.274. The predicted molar refractivity (Wildman–Crippen MR) is 67.8 cm³/mol. The van der Waals surface area contributed by atoms with Crippen LogP contribution in [0, 0.1) is 11.8 Å². The van der Waals surface area contributed by atoms with Gasteiger partial charge in [0.1, 0.15) is 0 Å². The normalized spacial score (nSPS) is 25.6. The van der Waals surface area contributed by atoms with Crippen molar-refractivity contribution in [2.75, 3.05) is 26.2 Å². The highest BCUT2D eigenvalue weighted by molar-refractivity contribution is 5.82. The Morgan fingerprint density at radius 1 is 0.667 bits per heavy atom. The molecule has 100 valence electrons. The SMILES string of the molecule is O=C(C1CCCC1)N1CCN(C(=O)C2CC2)CC1. The quantitative estimate of drug-likeness (QED) is 0.740. The highest BCUT2D eigenvalue weighted by Gasteiger charge is 2.36. The van der Waals surface area contributed by atoms with Gasteiger partial charge in [-0.15, -0.1) is 0 Å². The van der Waals surface area contributed by atoms with Gasteiger partial charge in [-0.25, -0.2) is 0 Å². The molecule has 1 heterocycles. The van der Waals surface area contributed by atoms with E-state index in [1.54, 1.807) is 0 Å². The van der Waals surface area contributed by atoms with Crippen molar-refractivity contribution in [2.45, 2.75) is 38.5 Å². The molecule has 2 amide bonds. The third kappa shape index (κ3) is 2.38. The molecular formula is C14H22N2O2. The van der Waals surface area contributed by atoms with Gasteiger partial charge in [-0.2, -0.15) is 0 Å². The molecule has 0 N–H and O–H groups in total. The number of hydrogen-bond donors (Lipinski definition) is 0. The molecule has 0 unspecified atom stereocenters. The van der Waals surface area contributed by atoms with Crippen LogP contribution in [0.3, 0.4) is 0 Å². The highest BCUT2D eigenvalue weighted by atomic mass is 16.2. The van der Waals surface area contributed by atoms with Crippen molar-refractivity contribution in [1.82, 2.24) is 9.80 Å². The average Bonchev–Trinajstić information content (AvgIpc) is 3.12. The zero-order valence-corrected chi connectivity index (χ0v) is 10.9. The molecular weight excluding hydrogens is 228 g/mol. The largest absolute Gasteiger partial charge is 0.339 e. The number of nitrogens with zero attached hydrogens (tertiary/aromatic N) is 2. The molecule has 1 saturated heterocycles. The van der Waals surface area contributed by atoms with E-state index in [9.17, 15) is 9.59 Å². The number of rotatable bonds is 2. The van der Waals surface area contributed by atoms with Crippen molar-refractivity contribution in [2.24, 2.45) is 11.8 Å². The molecule has 18 heavy (non-hydrogen) atoms. The number of hydrogen-bond acceptors (Lipinski definition) is 2. The lowest BCUT2D eigenvalue weighted by molar-refractivity contribution is -0.142. The van der Waals surface area contributed by atoms with Gasteiger partial charge in [0.25, 0.3) is 0 Å². The fraction of sp³-hybridized carbons (Fsp3) is 0.857. The van der Waals surface area contributed by atoms with Crippen molar-refractivity contribution in [3.63, 3.8) is 0 Å². The number of carbonyl (C=O) groups is 2. The van der Waals surface area contributed by atoms with Gasteiger partial charge < -0.3 is 9.80 Å². The molecule has 0 aromatic heterocycles. The maximum absolute atomic E-state index is 12.2. The molecule has 2 saturated carbocycles. The topological polar surface area (TPSA) is 40.6 Å². The lowest BCUT2D eigenvalue weighted by Crippen LogP contribution is -2.52. The summed E-state index contributed by atoms with van der Waals surface area (Å²) in [5.74, 6) is 1.24. The summed E-state index contributed by atoms with van der Waals surface area (Å²) in [4.78, 5) is 28.1. The van der Waals surface area contributed by atoms with Crippen LogP contribution in [0.25, 0.3) is 0 Å². The van der Waals surface area contributed by atoms with Crippen LogP contribution in [-0.2, 0) is 9.59 Å². The summed E-state index contributed by atoms with van der Waals surface area (Å²) < 4.78 is 0. The van der Waals surface area contributed by atoms with Crippen LogP contribution in [0.15, 0.2) is 0 Å². The van der Waals surface area contributed by atoms with E-state index in [0.29, 0.717) is 17.7 Å². The van der Waals surface area contributed by atoms with Crippen molar-refractivity contribution < 1.29 is 9.59 Å². The summed E-state index contributed by atoms with van der Waals surface area (Å²) in [6.07, 6.45) is 6.69. The van der Waals surface area contributed by atoms with Crippen LogP contribution >= 0.6 is 0 Å². The van der Waals surface area contributed by atoms with E-state index >= 15 is 0 Å². The van der Waals surface area contributed by atoms with Gasteiger partial charge in [0.2, 0.25) is 11.8 Å². The molecule has 0 radical (unpaired) electrons. The number of carbonyl (C=O) groups excluding carboxylic acids is 2. The zero-order valence-electron chi connectivity index (χ0n) is 10.9. The van der Waals surface area contributed by atoms with E-state index in [4.69, 9.17) is 0 Å². The molecule has 3 fully saturated rings. The first kappa shape index (κ1) is 12.0. The summed E-state index contributed by atoms with van der Waals surface area (Å²) in [7, 11) is 0. The maximum Gasteiger partial charge on any atom is 0.225 e. The van der Waals surface area contributed by atoms with Crippen molar-refractivity contribution >= 4 is 11.8 Å².